The van der Waals surface area contributed by atoms with Crippen LogP contribution >= 0.6 is 0 Å². The Labute approximate surface area is 154 Å². The molecule has 0 unspecified atom stereocenters. The van der Waals surface area contributed by atoms with E-state index >= 15 is 0 Å². The molecule has 0 saturated carbocycles. The number of nitrogens with zero attached hydrogens (tertiary/aromatic N) is 2. The second kappa shape index (κ2) is 7.77. The molecular weight excluding hydrogens is 359 g/mol. The van der Waals surface area contributed by atoms with E-state index < -0.39 is 17.6 Å². The first-order chi connectivity index (χ1) is 12.8. The number of rotatable bonds is 3. The molecule has 8 heteroatoms. The van der Waals surface area contributed by atoms with Crippen molar-refractivity contribution in [3.63, 3.8) is 0 Å². The molecular formula is C19H18F3N3O2. The molecule has 2 aromatic rings. The van der Waals surface area contributed by atoms with Crippen molar-refractivity contribution in [2.75, 3.05) is 18.4 Å². The fourth-order valence-electron chi connectivity index (χ4n) is 2.89. The summed E-state index contributed by atoms with van der Waals surface area (Å²) < 4.78 is 37.8. The lowest BCUT2D eigenvalue weighted by molar-refractivity contribution is -0.137. The monoisotopic (exact) mass is 377 g/mol. The van der Waals surface area contributed by atoms with Crippen LogP contribution in [-0.4, -0.2) is 34.8 Å². The first-order valence-corrected chi connectivity index (χ1v) is 8.58. The zero-order valence-corrected chi connectivity index (χ0v) is 14.4. The van der Waals surface area contributed by atoms with Gasteiger partial charge in [0.2, 0.25) is 0 Å². The van der Waals surface area contributed by atoms with Crippen LogP contribution in [0.5, 0.6) is 0 Å². The molecule has 2 amide bonds. The van der Waals surface area contributed by atoms with Gasteiger partial charge in [0.25, 0.3) is 11.8 Å². The molecule has 0 bridgehead atoms. The first-order valence-electron chi connectivity index (χ1n) is 8.58. The molecule has 1 fully saturated rings. The zero-order chi connectivity index (χ0) is 19.4. The van der Waals surface area contributed by atoms with E-state index in [1.54, 1.807) is 4.90 Å². The highest BCUT2D eigenvalue weighted by Crippen LogP contribution is 2.29. The summed E-state index contributed by atoms with van der Waals surface area (Å²) in [5.74, 6) is -0.747. The van der Waals surface area contributed by atoms with Crippen molar-refractivity contribution in [2.24, 2.45) is 0 Å². The molecule has 2 heterocycles. The maximum absolute atomic E-state index is 12.6. The zero-order valence-electron chi connectivity index (χ0n) is 14.4. The summed E-state index contributed by atoms with van der Waals surface area (Å²) in [5, 5.41) is 2.52. The van der Waals surface area contributed by atoms with Crippen molar-refractivity contribution in [2.45, 2.75) is 25.4 Å². The highest BCUT2D eigenvalue weighted by atomic mass is 19.4. The number of hydrogen-bond acceptors (Lipinski definition) is 3. The summed E-state index contributed by atoms with van der Waals surface area (Å²) in [6.07, 6.45) is -0.0807. The van der Waals surface area contributed by atoms with E-state index in [9.17, 15) is 22.8 Å². The number of amides is 2. The molecule has 142 valence electrons. The molecule has 0 spiro atoms. The number of halogens is 3. The van der Waals surface area contributed by atoms with Crippen LogP contribution in [0, 0.1) is 0 Å². The van der Waals surface area contributed by atoms with Crippen LogP contribution in [0.3, 0.4) is 0 Å². The van der Waals surface area contributed by atoms with Crippen molar-refractivity contribution in [3.05, 3.63) is 59.4 Å². The highest BCUT2D eigenvalue weighted by molar-refractivity contribution is 6.05. The van der Waals surface area contributed by atoms with Gasteiger partial charge in [-0.3, -0.25) is 14.6 Å². The van der Waals surface area contributed by atoms with E-state index in [-0.39, 0.29) is 22.9 Å². The van der Waals surface area contributed by atoms with Gasteiger partial charge in [-0.25, -0.2) is 0 Å². The molecule has 1 saturated heterocycles. The Morgan fingerprint density at radius 2 is 1.67 bits per heavy atom. The van der Waals surface area contributed by atoms with Gasteiger partial charge in [-0.2, -0.15) is 13.2 Å². The van der Waals surface area contributed by atoms with Crippen molar-refractivity contribution >= 4 is 17.5 Å². The molecule has 0 aliphatic carbocycles. The third-order valence-electron chi connectivity index (χ3n) is 4.35. The summed E-state index contributed by atoms with van der Waals surface area (Å²) in [6.45, 7) is 1.34. The maximum atomic E-state index is 12.6. The lowest BCUT2D eigenvalue weighted by atomic mass is 10.1. The topological polar surface area (TPSA) is 62.3 Å². The standard InChI is InChI=1S/C19H18F3N3O2/c20-19(21,22)14-4-6-15(7-5-14)24-17(26)13-8-9-23-16(12-13)18(27)25-10-2-1-3-11-25/h4-9,12H,1-3,10-11H2,(H,24,26). The minimum atomic E-state index is -4.43. The third kappa shape index (κ3) is 4.64. The Morgan fingerprint density at radius 3 is 2.30 bits per heavy atom. The summed E-state index contributed by atoms with van der Waals surface area (Å²) in [6, 6.07) is 7.01. The molecule has 1 aliphatic rings. The molecule has 0 radical (unpaired) electrons. The number of hydrogen-bond donors (Lipinski definition) is 1. The SMILES string of the molecule is O=C(Nc1ccc(C(F)(F)F)cc1)c1ccnc(C(=O)N2CCCCC2)c1. The van der Waals surface area contributed by atoms with E-state index in [4.69, 9.17) is 0 Å². The van der Waals surface area contributed by atoms with Gasteiger partial charge in [0.1, 0.15) is 5.69 Å². The minimum absolute atomic E-state index is 0.178. The fourth-order valence-corrected chi connectivity index (χ4v) is 2.89. The Bertz CT molecular complexity index is 829. The number of benzene rings is 1. The van der Waals surface area contributed by atoms with Crippen LogP contribution in [0.4, 0.5) is 18.9 Å². The number of carbonyl (C=O) groups excluding carboxylic acids is 2. The number of likely N-dealkylation sites (tertiary alicyclic amines) is 1. The number of piperidine rings is 1. The van der Waals surface area contributed by atoms with Crippen LogP contribution in [-0.2, 0) is 6.18 Å². The average Bonchev–Trinajstić information content (AvgIpc) is 2.68. The number of alkyl halides is 3. The molecule has 0 atom stereocenters. The minimum Gasteiger partial charge on any atom is -0.337 e. The fraction of sp³-hybridized carbons (Fsp3) is 0.316. The second-order valence-corrected chi connectivity index (χ2v) is 6.31. The van der Waals surface area contributed by atoms with Crippen molar-refractivity contribution in [1.82, 2.24) is 9.88 Å². The second-order valence-electron chi connectivity index (χ2n) is 6.31. The van der Waals surface area contributed by atoms with Gasteiger partial charge in [-0.15, -0.1) is 0 Å². The van der Waals surface area contributed by atoms with E-state index in [1.807, 2.05) is 0 Å². The molecule has 5 nitrogen and oxygen atoms in total. The summed E-state index contributed by atoms with van der Waals surface area (Å²) in [7, 11) is 0. The normalized spacial score (nSPS) is 14.7. The maximum Gasteiger partial charge on any atom is 0.416 e. The van der Waals surface area contributed by atoms with Gasteiger partial charge in [0.15, 0.2) is 0 Å². The van der Waals surface area contributed by atoms with Crippen molar-refractivity contribution < 1.29 is 22.8 Å². The van der Waals surface area contributed by atoms with E-state index in [2.05, 4.69) is 10.3 Å². The molecule has 3 rings (SSSR count). The molecule has 1 N–H and O–H groups in total. The van der Waals surface area contributed by atoms with E-state index in [0.717, 1.165) is 31.4 Å². The lowest BCUT2D eigenvalue weighted by Crippen LogP contribution is -2.36. The molecule has 1 aromatic carbocycles. The Kier molecular flexibility index (Phi) is 5.43. The van der Waals surface area contributed by atoms with Crippen LogP contribution in [0.15, 0.2) is 42.6 Å². The van der Waals surface area contributed by atoms with Gasteiger partial charge in [-0.05, 0) is 55.7 Å². The molecule has 27 heavy (non-hydrogen) atoms. The summed E-state index contributed by atoms with van der Waals surface area (Å²) in [5.41, 5.74) is -0.172. The van der Waals surface area contributed by atoms with Gasteiger partial charge in [-0.1, -0.05) is 0 Å². The quantitative estimate of drug-likeness (QED) is 0.880. The van der Waals surface area contributed by atoms with Crippen LogP contribution in [0.1, 0.15) is 45.7 Å². The smallest absolute Gasteiger partial charge is 0.337 e. The van der Waals surface area contributed by atoms with Crippen molar-refractivity contribution in [1.29, 1.82) is 0 Å². The predicted molar refractivity (Wildman–Crippen MR) is 93.4 cm³/mol. The van der Waals surface area contributed by atoms with Crippen LogP contribution in [0.25, 0.3) is 0 Å². The average molecular weight is 377 g/mol. The Hall–Kier alpha value is -2.90. The molecule has 1 aliphatic heterocycles. The van der Waals surface area contributed by atoms with Gasteiger partial charge in [0, 0.05) is 30.5 Å². The highest BCUT2D eigenvalue weighted by Gasteiger charge is 2.30. The van der Waals surface area contributed by atoms with Crippen LogP contribution < -0.4 is 5.32 Å². The molecule has 1 aromatic heterocycles. The number of anilines is 1. The predicted octanol–water partition coefficient (Wildman–Crippen LogP) is 3.98. The first kappa shape index (κ1) is 18.9. The van der Waals surface area contributed by atoms with Gasteiger partial charge >= 0.3 is 6.18 Å². The van der Waals surface area contributed by atoms with Gasteiger partial charge < -0.3 is 10.2 Å². The summed E-state index contributed by atoms with van der Waals surface area (Å²) >= 11 is 0. The number of carbonyl (C=O) groups is 2. The lowest BCUT2D eigenvalue weighted by Gasteiger charge is -2.26. The third-order valence-corrected chi connectivity index (χ3v) is 4.35. The number of nitrogens with one attached hydrogen (secondary N) is 1. The Morgan fingerprint density at radius 1 is 1.00 bits per heavy atom. The Balaban J connectivity index is 1.70. The number of aromatic nitrogens is 1. The number of pyridine rings is 1. The van der Waals surface area contributed by atoms with Crippen molar-refractivity contribution in [3.8, 4) is 0 Å². The van der Waals surface area contributed by atoms with Gasteiger partial charge in [0.05, 0.1) is 5.56 Å². The van der Waals surface area contributed by atoms with E-state index in [1.165, 1.54) is 30.5 Å². The summed E-state index contributed by atoms with van der Waals surface area (Å²) in [4.78, 5) is 30.6. The van der Waals surface area contributed by atoms with Crippen LogP contribution in [0.2, 0.25) is 0 Å². The largest absolute Gasteiger partial charge is 0.416 e. The van der Waals surface area contributed by atoms with E-state index in [0.29, 0.717) is 13.1 Å².